The molecule has 0 bridgehead atoms. The number of hydrogen-bond donors (Lipinski definition) is 0. The molecule has 2 amide bonds. The van der Waals surface area contributed by atoms with Crippen molar-refractivity contribution < 1.29 is 9.59 Å². The van der Waals surface area contributed by atoms with Gasteiger partial charge in [-0.05, 0) is 0 Å². The Morgan fingerprint density at radius 3 is 2.64 bits per heavy atom. The SMILES string of the molecule is CC(=O)N1C(=O)c2ccccc2I1Cl. The molecule has 0 atom stereocenters. The average Bonchev–Trinajstić information content (AvgIpc) is 2.41. The van der Waals surface area contributed by atoms with E-state index in [0.717, 1.165) is 3.57 Å². The van der Waals surface area contributed by atoms with Gasteiger partial charge in [0, 0.05) is 0 Å². The van der Waals surface area contributed by atoms with Crippen molar-refractivity contribution in [1.29, 1.82) is 0 Å². The van der Waals surface area contributed by atoms with E-state index >= 15 is 0 Å². The van der Waals surface area contributed by atoms with Crippen LogP contribution in [-0.4, -0.2) is 14.9 Å². The zero-order chi connectivity index (χ0) is 10.3. The molecule has 2 rings (SSSR count). The summed E-state index contributed by atoms with van der Waals surface area (Å²) < 4.78 is 2.08. The molecule has 0 saturated carbocycles. The molecule has 1 aromatic carbocycles. The Morgan fingerprint density at radius 2 is 2.07 bits per heavy atom. The van der Waals surface area contributed by atoms with Crippen molar-refractivity contribution in [2.45, 2.75) is 6.92 Å². The van der Waals surface area contributed by atoms with Crippen LogP contribution in [0.25, 0.3) is 0 Å². The predicted octanol–water partition coefficient (Wildman–Crippen LogP) is 2.43. The number of rotatable bonds is 0. The number of hydrogen-bond acceptors (Lipinski definition) is 2. The maximum atomic E-state index is 11.7. The summed E-state index contributed by atoms with van der Waals surface area (Å²) in [6.07, 6.45) is 0. The molecule has 74 valence electrons. The second-order valence-corrected chi connectivity index (χ2v) is 8.00. The van der Waals surface area contributed by atoms with E-state index in [9.17, 15) is 9.59 Å². The predicted molar refractivity (Wildman–Crippen MR) is 61.9 cm³/mol. The van der Waals surface area contributed by atoms with Gasteiger partial charge in [0.2, 0.25) is 0 Å². The van der Waals surface area contributed by atoms with Crippen molar-refractivity contribution in [3.05, 3.63) is 33.4 Å². The summed E-state index contributed by atoms with van der Waals surface area (Å²) in [6, 6.07) is 7.16. The van der Waals surface area contributed by atoms with E-state index in [1.165, 1.54) is 10.0 Å². The third-order valence-corrected chi connectivity index (χ3v) is 7.63. The molecule has 0 aliphatic carbocycles. The number of imide groups is 1. The summed E-state index contributed by atoms with van der Waals surface area (Å²) in [5, 5.41) is 0. The normalized spacial score (nSPS) is 17.1. The van der Waals surface area contributed by atoms with Gasteiger partial charge in [0.15, 0.2) is 0 Å². The molecule has 0 saturated heterocycles. The fraction of sp³-hybridized carbons (Fsp3) is 0.111. The van der Waals surface area contributed by atoms with E-state index in [4.69, 9.17) is 8.91 Å². The number of halogens is 2. The van der Waals surface area contributed by atoms with Crippen molar-refractivity contribution in [3.63, 3.8) is 0 Å². The number of fused-ring (bicyclic) bond motifs is 1. The summed E-state index contributed by atoms with van der Waals surface area (Å²) in [7, 11) is 6.14. The summed E-state index contributed by atoms with van der Waals surface area (Å²) in [4.78, 5) is 22.9. The van der Waals surface area contributed by atoms with Gasteiger partial charge in [-0.25, -0.2) is 0 Å². The number of carbonyl (C=O) groups is 2. The molecule has 3 nitrogen and oxygen atoms in total. The molecule has 5 heteroatoms. The van der Waals surface area contributed by atoms with Crippen LogP contribution in [0.3, 0.4) is 0 Å². The van der Waals surface area contributed by atoms with Crippen LogP contribution < -0.4 is 0 Å². The molecular weight excluding hydrogens is 316 g/mol. The summed E-state index contributed by atoms with van der Waals surface area (Å²) in [5.74, 6) is -0.500. The average molecular weight is 324 g/mol. The van der Waals surface area contributed by atoms with Crippen LogP contribution in [0.4, 0.5) is 0 Å². The quantitative estimate of drug-likeness (QED) is 0.543. The third-order valence-electron chi connectivity index (χ3n) is 1.88. The van der Waals surface area contributed by atoms with Gasteiger partial charge in [-0.2, -0.15) is 0 Å². The number of benzene rings is 1. The fourth-order valence-electron chi connectivity index (χ4n) is 1.28. The van der Waals surface area contributed by atoms with Crippen LogP contribution in [-0.2, 0) is 4.79 Å². The molecule has 1 aliphatic heterocycles. The first kappa shape index (κ1) is 9.92. The third kappa shape index (κ3) is 1.33. The van der Waals surface area contributed by atoms with E-state index in [2.05, 4.69) is 0 Å². The fourth-order valence-corrected chi connectivity index (χ4v) is 6.27. The number of nitrogens with zero attached hydrogens (tertiary/aromatic N) is 1. The molecule has 1 heterocycles. The second-order valence-electron chi connectivity index (χ2n) is 2.80. The van der Waals surface area contributed by atoms with Crippen molar-refractivity contribution in [2.75, 3.05) is 0 Å². The summed E-state index contributed by atoms with van der Waals surface area (Å²) in [5.41, 5.74) is 0.586. The van der Waals surface area contributed by atoms with Crippen LogP contribution in [0, 0.1) is 3.57 Å². The molecule has 0 radical (unpaired) electrons. The van der Waals surface area contributed by atoms with E-state index < -0.39 is 19.0 Å². The molecule has 0 unspecified atom stereocenters. The zero-order valence-electron chi connectivity index (χ0n) is 7.33. The van der Waals surface area contributed by atoms with Crippen LogP contribution in [0.5, 0.6) is 0 Å². The van der Waals surface area contributed by atoms with Crippen LogP contribution >= 0.6 is 27.9 Å². The summed E-state index contributed by atoms with van der Waals surface area (Å²) in [6.45, 7) is 1.37. The summed E-state index contributed by atoms with van der Waals surface area (Å²) >= 11 is -2.25. The molecule has 0 fully saturated rings. The number of amides is 2. The molecule has 1 aromatic rings. The van der Waals surface area contributed by atoms with Crippen molar-refractivity contribution >= 4 is 39.7 Å². The topological polar surface area (TPSA) is 37.4 Å². The van der Waals surface area contributed by atoms with Crippen molar-refractivity contribution in [3.8, 4) is 0 Å². The molecule has 14 heavy (non-hydrogen) atoms. The van der Waals surface area contributed by atoms with E-state index in [1.807, 2.05) is 12.1 Å². The van der Waals surface area contributed by atoms with Gasteiger partial charge in [0.05, 0.1) is 0 Å². The minimum absolute atomic E-state index is 0.242. The Bertz CT molecular complexity index is 421. The van der Waals surface area contributed by atoms with Crippen LogP contribution in [0.1, 0.15) is 17.3 Å². The van der Waals surface area contributed by atoms with Gasteiger partial charge in [0.25, 0.3) is 0 Å². The maximum absolute atomic E-state index is 11.7. The number of carbonyl (C=O) groups excluding carboxylic acids is 2. The zero-order valence-corrected chi connectivity index (χ0v) is 10.2. The van der Waals surface area contributed by atoms with E-state index in [0.29, 0.717) is 5.56 Å². The Labute approximate surface area is 92.5 Å². The van der Waals surface area contributed by atoms with E-state index in [1.54, 1.807) is 12.1 Å². The van der Waals surface area contributed by atoms with Gasteiger partial charge in [-0.3, -0.25) is 0 Å². The van der Waals surface area contributed by atoms with Gasteiger partial charge in [-0.15, -0.1) is 0 Å². The Morgan fingerprint density at radius 1 is 1.43 bits per heavy atom. The molecular formula is C9H7ClINO2. The van der Waals surface area contributed by atoms with E-state index in [-0.39, 0.29) is 11.8 Å². The Hall–Kier alpha value is -0.620. The first-order valence-electron chi connectivity index (χ1n) is 3.93. The van der Waals surface area contributed by atoms with Crippen molar-refractivity contribution in [1.82, 2.24) is 3.11 Å². The molecule has 0 aromatic heterocycles. The molecule has 0 spiro atoms. The Balaban J connectivity index is 2.53. The second kappa shape index (κ2) is 3.51. The standard InChI is InChI=1S/C9H7ClINO2/c1-6(13)12-9(14)7-4-2-3-5-8(7)11(12)10/h2-5H,1H3. The van der Waals surface area contributed by atoms with Crippen LogP contribution in [0.2, 0.25) is 0 Å². The minimum atomic E-state index is -2.25. The molecule has 1 aliphatic rings. The van der Waals surface area contributed by atoms with Gasteiger partial charge in [-0.1, -0.05) is 0 Å². The van der Waals surface area contributed by atoms with Gasteiger partial charge < -0.3 is 0 Å². The van der Waals surface area contributed by atoms with Crippen LogP contribution in [0.15, 0.2) is 24.3 Å². The first-order chi connectivity index (χ1) is 6.63. The Kier molecular flexibility index (Phi) is 2.48. The first-order valence-corrected chi connectivity index (χ1v) is 8.71. The molecule has 0 N–H and O–H groups in total. The van der Waals surface area contributed by atoms with Crippen molar-refractivity contribution in [2.24, 2.45) is 0 Å². The van der Waals surface area contributed by atoms with Gasteiger partial charge in [0.1, 0.15) is 0 Å². The van der Waals surface area contributed by atoms with Gasteiger partial charge >= 0.3 is 92.7 Å². The monoisotopic (exact) mass is 323 g/mol.